The van der Waals surface area contributed by atoms with Crippen molar-refractivity contribution >= 4 is 27.5 Å². The molecule has 0 radical (unpaired) electrons. The Kier molecular flexibility index (Phi) is 6.40. The topological polar surface area (TPSA) is 111 Å². The van der Waals surface area contributed by atoms with Crippen LogP contribution in [-0.2, 0) is 19.6 Å². The van der Waals surface area contributed by atoms with E-state index < -0.39 is 27.9 Å². The Bertz CT molecular complexity index is 1110. The number of carbonyl (C=O) groups is 2. The van der Waals surface area contributed by atoms with Gasteiger partial charge in [0.2, 0.25) is 11.8 Å². The average molecular weight is 448 g/mol. The summed E-state index contributed by atoms with van der Waals surface area (Å²) in [6, 6.07) is 7.93. The van der Waals surface area contributed by atoms with Gasteiger partial charge in [-0.25, -0.2) is 12.7 Å². The number of sulfonamides is 1. The molecule has 10 heteroatoms. The maximum absolute atomic E-state index is 13.2. The van der Waals surface area contributed by atoms with Crippen LogP contribution in [0.2, 0.25) is 0 Å². The van der Waals surface area contributed by atoms with Crippen LogP contribution in [0.4, 0.5) is 5.69 Å². The molecule has 1 aliphatic heterocycles. The van der Waals surface area contributed by atoms with Crippen LogP contribution in [0.25, 0.3) is 0 Å². The molecule has 0 saturated carbocycles. The van der Waals surface area contributed by atoms with E-state index in [-0.39, 0.29) is 17.7 Å². The van der Waals surface area contributed by atoms with E-state index in [1.165, 1.54) is 39.5 Å². The molecule has 9 nitrogen and oxygen atoms in total. The van der Waals surface area contributed by atoms with Crippen molar-refractivity contribution in [2.24, 2.45) is 0 Å². The number of methoxy groups -OCH3 is 3. The molecule has 31 heavy (non-hydrogen) atoms. The summed E-state index contributed by atoms with van der Waals surface area (Å²) < 4.78 is 42.7. The van der Waals surface area contributed by atoms with Crippen molar-refractivity contribution in [2.75, 3.05) is 26.6 Å². The van der Waals surface area contributed by atoms with E-state index in [0.717, 1.165) is 0 Å². The zero-order chi connectivity index (χ0) is 22.8. The SMILES string of the molecule is COc1ccc(OC)c(NC(=O)[C@H]2CCC(=O)N2S(=O)(=O)c2ccc(OC)c(C)c2)c1. The van der Waals surface area contributed by atoms with Gasteiger partial charge in [-0.15, -0.1) is 0 Å². The minimum absolute atomic E-state index is 0.0539. The van der Waals surface area contributed by atoms with Gasteiger partial charge >= 0.3 is 0 Å². The molecule has 2 aromatic carbocycles. The highest BCUT2D eigenvalue weighted by atomic mass is 32.2. The quantitative estimate of drug-likeness (QED) is 0.692. The minimum Gasteiger partial charge on any atom is -0.497 e. The van der Waals surface area contributed by atoms with Crippen molar-refractivity contribution in [1.29, 1.82) is 0 Å². The largest absolute Gasteiger partial charge is 0.497 e. The maximum Gasteiger partial charge on any atom is 0.267 e. The van der Waals surface area contributed by atoms with Crippen LogP contribution >= 0.6 is 0 Å². The fourth-order valence-electron chi connectivity index (χ4n) is 3.45. The van der Waals surface area contributed by atoms with Gasteiger partial charge in [0.05, 0.1) is 31.9 Å². The van der Waals surface area contributed by atoms with Gasteiger partial charge in [0, 0.05) is 12.5 Å². The second kappa shape index (κ2) is 8.84. The number of anilines is 1. The molecule has 1 fully saturated rings. The van der Waals surface area contributed by atoms with Gasteiger partial charge in [-0.1, -0.05) is 0 Å². The van der Waals surface area contributed by atoms with Gasteiger partial charge in [-0.2, -0.15) is 0 Å². The van der Waals surface area contributed by atoms with E-state index in [1.807, 2.05) is 0 Å². The molecule has 3 rings (SSSR count). The molecule has 0 aromatic heterocycles. The van der Waals surface area contributed by atoms with E-state index in [1.54, 1.807) is 25.1 Å². The minimum atomic E-state index is -4.24. The van der Waals surface area contributed by atoms with Gasteiger partial charge < -0.3 is 19.5 Å². The number of hydrogen-bond donors (Lipinski definition) is 1. The van der Waals surface area contributed by atoms with E-state index in [2.05, 4.69) is 5.32 Å². The van der Waals surface area contributed by atoms with E-state index in [4.69, 9.17) is 14.2 Å². The first-order valence-corrected chi connectivity index (χ1v) is 10.9. The second-order valence-corrected chi connectivity index (χ2v) is 8.75. The summed E-state index contributed by atoms with van der Waals surface area (Å²) in [5, 5.41) is 2.66. The maximum atomic E-state index is 13.2. The van der Waals surface area contributed by atoms with Gasteiger partial charge in [0.15, 0.2) is 0 Å². The molecule has 2 aromatic rings. The summed E-state index contributed by atoms with van der Waals surface area (Å²) in [7, 11) is 0.165. The highest BCUT2D eigenvalue weighted by molar-refractivity contribution is 7.89. The van der Waals surface area contributed by atoms with Gasteiger partial charge in [0.1, 0.15) is 23.3 Å². The third-order valence-electron chi connectivity index (χ3n) is 5.05. The Morgan fingerprint density at radius 3 is 2.32 bits per heavy atom. The summed E-state index contributed by atoms with van der Waals surface area (Å²) in [6.07, 6.45) is 0.0208. The highest BCUT2D eigenvalue weighted by Crippen LogP contribution is 2.33. The first-order chi connectivity index (χ1) is 14.7. The smallest absolute Gasteiger partial charge is 0.267 e. The second-order valence-electron chi connectivity index (χ2n) is 6.94. The number of hydrogen-bond acceptors (Lipinski definition) is 7. The number of aryl methyl sites for hydroxylation is 1. The fourth-order valence-corrected chi connectivity index (χ4v) is 5.14. The zero-order valence-corrected chi connectivity index (χ0v) is 18.5. The zero-order valence-electron chi connectivity index (χ0n) is 17.7. The molecule has 1 aliphatic rings. The lowest BCUT2D eigenvalue weighted by Crippen LogP contribution is -2.45. The predicted molar refractivity (Wildman–Crippen MR) is 113 cm³/mol. The number of ether oxygens (including phenoxy) is 3. The van der Waals surface area contributed by atoms with Crippen LogP contribution in [0.3, 0.4) is 0 Å². The molecule has 0 bridgehead atoms. The van der Waals surface area contributed by atoms with Crippen molar-refractivity contribution in [3.8, 4) is 17.2 Å². The van der Waals surface area contributed by atoms with Crippen molar-refractivity contribution < 1.29 is 32.2 Å². The standard InChI is InChI=1S/C21H24N2O7S/c1-13-11-15(6-9-18(13)29-3)31(26,27)23-17(7-10-20(23)24)21(25)22-16-12-14(28-2)5-8-19(16)30-4/h5-6,8-9,11-12,17H,7,10H2,1-4H3,(H,22,25)/t17-/m1/s1. The molecular formula is C21H24N2O7S. The van der Waals surface area contributed by atoms with Crippen LogP contribution < -0.4 is 19.5 Å². The lowest BCUT2D eigenvalue weighted by molar-refractivity contribution is -0.128. The third kappa shape index (κ3) is 4.29. The average Bonchev–Trinajstić information content (AvgIpc) is 3.16. The number of benzene rings is 2. The summed E-state index contributed by atoms with van der Waals surface area (Å²) in [6.45, 7) is 1.70. The normalized spacial score (nSPS) is 16.2. The molecular weight excluding hydrogens is 424 g/mol. The predicted octanol–water partition coefficient (Wildman–Crippen LogP) is 2.34. The Hall–Kier alpha value is -3.27. The van der Waals surface area contributed by atoms with Crippen LogP contribution in [0, 0.1) is 6.92 Å². The summed E-state index contributed by atoms with van der Waals surface area (Å²) in [4.78, 5) is 25.4. The summed E-state index contributed by atoms with van der Waals surface area (Å²) in [5.74, 6) is 0.110. The number of amides is 2. The van der Waals surface area contributed by atoms with E-state index >= 15 is 0 Å². The van der Waals surface area contributed by atoms with Crippen LogP contribution in [0.5, 0.6) is 17.2 Å². The Morgan fingerprint density at radius 1 is 1.03 bits per heavy atom. The Morgan fingerprint density at radius 2 is 1.71 bits per heavy atom. The summed E-state index contributed by atoms with van der Waals surface area (Å²) >= 11 is 0. The molecule has 0 aliphatic carbocycles. The number of carbonyl (C=O) groups excluding carboxylic acids is 2. The third-order valence-corrected chi connectivity index (χ3v) is 6.88. The molecule has 1 atom stereocenters. The first kappa shape index (κ1) is 22.4. The van der Waals surface area contributed by atoms with Gasteiger partial charge in [0.25, 0.3) is 10.0 Å². The van der Waals surface area contributed by atoms with Crippen molar-refractivity contribution in [2.45, 2.75) is 30.7 Å². The molecule has 2 amide bonds. The van der Waals surface area contributed by atoms with Crippen molar-refractivity contribution in [1.82, 2.24) is 4.31 Å². The van der Waals surface area contributed by atoms with Gasteiger partial charge in [-0.3, -0.25) is 9.59 Å². The molecule has 0 spiro atoms. The summed E-state index contributed by atoms with van der Waals surface area (Å²) in [5.41, 5.74) is 0.904. The lowest BCUT2D eigenvalue weighted by Gasteiger charge is -2.24. The lowest BCUT2D eigenvalue weighted by atomic mass is 10.2. The number of rotatable bonds is 7. The van der Waals surface area contributed by atoms with Crippen LogP contribution in [-0.4, -0.2) is 51.9 Å². The molecule has 0 unspecified atom stereocenters. The fraction of sp³-hybridized carbons (Fsp3) is 0.333. The van der Waals surface area contributed by atoms with Crippen LogP contribution in [0.15, 0.2) is 41.3 Å². The monoisotopic (exact) mass is 448 g/mol. The Labute approximate surface area is 181 Å². The van der Waals surface area contributed by atoms with E-state index in [0.29, 0.717) is 32.8 Å². The molecule has 166 valence electrons. The number of nitrogens with one attached hydrogen (secondary N) is 1. The number of nitrogens with zero attached hydrogens (tertiary/aromatic N) is 1. The molecule has 1 heterocycles. The van der Waals surface area contributed by atoms with Crippen LogP contribution in [0.1, 0.15) is 18.4 Å². The molecule has 1 N–H and O–H groups in total. The Balaban J connectivity index is 1.92. The van der Waals surface area contributed by atoms with Gasteiger partial charge in [-0.05, 0) is 49.2 Å². The van der Waals surface area contributed by atoms with Crippen molar-refractivity contribution in [3.05, 3.63) is 42.0 Å². The first-order valence-electron chi connectivity index (χ1n) is 9.47. The van der Waals surface area contributed by atoms with E-state index in [9.17, 15) is 18.0 Å². The highest BCUT2D eigenvalue weighted by Gasteiger charge is 2.44. The molecule has 1 saturated heterocycles. The van der Waals surface area contributed by atoms with Crippen molar-refractivity contribution in [3.63, 3.8) is 0 Å².